The van der Waals surface area contributed by atoms with Crippen molar-refractivity contribution < 1.29 is 19.1 Å². The van der Waals surface area contributed by atoms with Crippen molar-refractivity contribution in [2.75, 3.05) is 25.1 Å². The van der Waals surface area contributed by atoms with E-state index < -0.39 is 0 Å². The molecular weight excluding hydrogens is 356 g/mol. The largest absolute Gasteiger partial charge is 0.484 e. The molecule has 6 nitrogen and oxygen atoms in total. The van der Waals surface area contributed by atoms with Gasteiger partial charge in [0, 0.05) is 24.4 Å². The first-order chi connectivity index (χ1) is 13.5. The van der Waals surface area contributed by atoms with E-state index in [0.29, 0.717) is 23.5 Å². The summed E-state index contributed by atoms with van der Waals surface area (Å²) in [4.78, 5) is 24.5. The molecule has 0 spiro atoms. The van der Waals surface area contributed by atoms with Crippen molar-refractivity contribution in [1.29, 1.82) is 0 Å². The zero-order valence-corrected chi connectivity index (χ0v) is 16.3. The Morgan fingerprint density at radius 1 is 1.14 bits per heavy atom. The normalized spacial score (nSPS) is 15.9. The summed E-state index contributed by atoms with van der Waals surface area (Å²) in [7, 11) is 0. The summed E-state index contributed by atoms with van der Waals surface area (Å²) >= 11 is 0. The number of ether oxygens (including phenoxy) is 2. The van der Waals surface area contributed by atoms with E-state index in [4.69, 9.17) is 9.47 Å². The van der Waals surface area contributed by atoms with Gasteiger partial charge in [-0.15, -0.1) is 0 Å². The molecule has 148 valence electrons. The van der Waals surface area contributed by atoms with Crippen molar-refractivity contribution in [3.63, 3.8) is 0 Å². The molecule has 6 heteroatoms. The van der Waals surface area contributed by atoms with Crippen LogP contribution in [0.25, 0.3) is 0 Å². The van der Waals surface area contributed by atoms with Gasteiger partial charge in [0.25, 0.3) is 11.8 Å². The maximum Gasteiger partial charge on any atom is 0.262 e. The first-order valence-electron chi connectivity index (χ1n) is 9.50. The smallest absolute Gasteiger partial charge is 0.262 e. The van der Waals surface area contributed by atoms with Gasteiger partial charge in [-0.05, 0) is 68.1 Å². The molecule has 2 N–H and O–H groups in total. The standard InChI is InChI=1S/C22H26N2O4/c1-15-9-16(2)11-20(10-15)28-14-21(25)24-18-6-3-5-17(12-18)22(26)23-13-19-7-4-8-27-19/h3,5-6,9-12,19H,4,7-8,13-14H2,1-2H3,(H,23,26)(H,24,25). The van der Waals surface area contributed by atoms with Gasteiger partial charge in [-0.2, -0.15) is 0 Å². The summed E-state index contributed by atoms with van der Waals surface area (Å²) in [6.07, 6.45) is 2.09. The fourth-order valence-electron chi connectivity index (χ4n) is 3.21. The summed E-state index contributed by atoms with van der Waals surface area (Å²) < 4.78 is 11.1. The van der Waals surface area contributed by atoms with E-state index in [9.17, 15) is 9.59 Å². The average Bonchev–Trinajstić information content (AvgIpc) is 3.17. The van der Waals surface area contributed by atoms with E-state index in [2.05, 4.69) is 10.6 Å². The molecule has 28 heavy (non-hydrogen) atoms. The highest BCUT2D eigenvalue weighted by atomic mass is 16.5. The molecule has 2 aromatic rings. The Hall–Kier alpha value is -2.86. The maximum atomic E-state index is 12.3. The Kier molecular flexibility index (Phi) is 6.66. The first-order valence-corrected chi connectivity index (χ1v) is 9.50. The van der Waals surface area contributed by atoms with Crippen molar-refractivity contribution >= 4 is 17.5 Å². The number of rotatable bonds is 7. The van der Waals surface area contributed by atoms with Crippen LogP contribution in [0.5, 0.6) is 5.75 Å². The van der Waals surface area contributed by atoms with Crippen molar-refractivity contribution in [3.05, 3.63) is 59.2 Å². The van der Waals surface area contributed by atoms with E-state index in [-0.39, 0.29) is 24.5 Å². The second-order valence-corrected chi connectivity index (χ2v) is 7.09. The Bertz CT molecular complexity index is 824. The molecule has 2 aromatic carbocycles. The number of carbonyl (C=O) groups excluding carboxylic acids is 2. The second-order valence-electron chi connectivity index (χ2n) is 7.09. The van der Waals surface area contributed by atoms with Gasteiger partial charge in [-0.3, -0.25) is 9.59 Å². The molecule has 1 atom stereocenters. The van der Waals surface area contributed by atoms with Gasteiger partial charge >= 0.3 is 0 Å². The minimum atomic E-state index is -0.281. The molecule has 0 bridgehead atoms. The predicted molar refractivity (Wildman–Crippen MR) is 108 cm³/mol. The molecule has 1 unspecified atom stereocenters. The van der Waals surface area contributed by atoms with E-state index in [0.717, 1.165) is 30.6 Å². The summed E-state index contributed by atoms with van der Waals surface area (Å²) in [6.45, 7) is 5.12. The minimum Gasteiger partial charge on any atom is -0.484 e. The van der Waals surface area contributed by atoms with Crippen LogP contribution in [-0.4, -0.2) is 37.7 Å². The molecule has 1 aliphatic rings. The number of hydrogen-bond donors (Lipinski definition) is 2. The molecule has 0 saturated carbocycles. The molecule has 0 aliphatic carbocycles. The van der Waals surface area contributed by atoms with Crippen LogP contribution in [0.2, 0.25) is 0 Å². The molecule has 2 amide bonds. The van der Waals surface area contributed by atoms with Crippen LogP contribution < -0.4 is 15.4 Å². The fourth-order valence-corrected chi connectivity index (χ4v) is 3.21. The third-order valence-electron chi connectivity index (χ3n) is 4.49. The van der Waals surface area contributed by atoms with Gasteiger partial charge in [0.2, 0.25) is 0 Å². The van der Waals surface area contributed by atoms with Gasteiger partial charge in [0.05, 0.1) is 6.10 Å². The van der Waals surface area contributed by atoms with E-state index in [1.807, 2.05) is 32.0 Å². The van der Waals surface area contributed by atoms with E-state index >= 15 is 0 Å². The minimum absolute atomic E-state index is 0.0919. The zero-order valence-electron chi connectivity index (χ0n) is 16.3. The van der Waals surface area contributed by atoms with Gasteiger partial charge in [-0.25, -0.2) is 0 Å². The number of carbonyl (C=O) groups is 2. The van der Waals surface area contributed by atoms with Gasteiger partial charge in [0.15, 0.2) is 6.61 Å². The summed E-state index contributed by atoms with van der Waals surface area (Å²) in [6, 6.07) is 12.7. The topological polar surface area (TPSA) is 76.7 Å². The van der Waals surface area contributed by atoms with Crippen molar-refractivity contribution in [1.82, 2.24) is 5.32 Å². The first kappa shape index (κ1) is 19.9. The lowest BCUT2D eigenvalue weighted by molar-refractivity contribution is -0.118. The highest BCUT2D eigenvalue weighted by Gasteiger charge is 2.17. The van der Waals surface area contributed by atoms with Crippen LogP contribution in [0, 0.1) is 13.8 Å². The van der Waals surface area contributed by atoms with Crippen molar-refractivity contribution in [2.24, 2.45) is 0 Å². The summed E-state index contributed by atoms with van der Waals surface area (Å²) in [5, 5.41) is 5.64. The van der Waals surface area contributed by atoms with Crippen LogP contribution in [-0.2, 0) is 9.53 Å². The Morgan fingerprint density at radius 3 is 2.64 bits per heavy atom. The summed E-state index contributed by atoms with van der Waals surface area (Å²) in [5.74, 6) is 0.198. The third-order valence-corrected chi connectivity index (χ3v) is 4.49. The lowest BCUT2D eigenvalue weighted by Crippen LogP contribution is -2.31. The number of benzene rings is 2. The van der Waals surface area contributed by atoms with Crippen LogP contribution in [0.4, 0.5) is 5.69 Å². The van der Waals surface area contributed by atoms with Gasteiger partial charge < -0.3 is 20.1 Å². The Morgan fingerprint density at radius 2 is 1.93 bits per heavy atom. The Labute approximate surface area is 165 Å². The fraction of sp³-hybridized carbons (Fsp3) is 0.364. The van der Waals surface area contributed by atoms with E-state index in [1.54, 1.807) is 24.3 Å². The molecule has 3 rings (SSSR count). The number of hydrogen-bond acceptors (Lipinski definition) is 4. The van der Waals surface area contributed by atoms with Crippen molar-refractivity contribution in [3.8, 4) is 5.75 Å². The number of anilines is 1. The molecule has 1 aliphatic heterocycles. The molecule has 0 aromatic heterocycles. The SMILES string of the molecule is Cc1cc(C)cc(OCC(=O)Nc2cccc(C(=O)NCC3CCCO3)c2)c1. The average molecular weight is 382 g/mol. The van der Waals surface area contributed by atoms with Crippen LogP contribution >= 0.6 is 0 Å². The quantitative estimate of drug-likeness (QED) is 0.771. The maximum absolute atomic E-state index is 12.3. The second kappa shape index (κ2) is 9.37. The van der Waals surface area contributed by atoms with Gasteiger partial charge in [-0.1, -0.05) is 12.1 Å². The highest BCUT2D eigenvalue weighted by molar-refractivity contribution is 5.97. The molecule has 0 radical (unpaired) electrons. The number of amides is 2. The van der Waals surface area contributed by atoms with Crippen LogP contribution in [0.15, 0.2) is 42.5 Å². The Balaban J connectivity index is 1.51. The highest BCUT2D eigenvalue weighted by Crippen LogP contribution is 2.17. The number of nitrogens with one attached hydrogen (secondary N) is 2. The predicted octanol–water partition coefficient (Wildman–Crippen LogP) is 3.23. The third kappa shape index (κ3) is 5.82. The molecule has 1 fully saturated rings. The lowest BCUT2D eigenvalue weighted by Gasteiger charge is -2.12. The molecular formula is C22H26N2O4. The molecule has 1 saturated heterocycles. The zero-order chi connectivity index (χ0) is 19.9. The van der Waals surface area contributed by atoms with Crippen LogP contribution in [0.3, 0.4) is 0 Å². The monoisotopic (exact) mass is 382 g/mol. The number of aryl methyl sites for hydroxylation is 2. The molecule has 1 heterocycles. The van der Waals surface area contributed by atoms with Crippen LogP contribution in [0.1, 0.15) is 34.3 Å². The van der Waals surface area contributed by atoms with Crippen molar-refractivity contribution in [2.45, 2.75) is 32.8 Å². The lowest BCUT2D eigenvalue weighted by atomic mass is 10.1. The summed E-state index contributed by atoms with van der Waals surface area (Å²) in [5.41, 5.74) is 3.21. The van der Waals surface area contributed by atoms with E-state index in [1.165, 1.54) is 0 Å². The van der Waals surface area contributed by atoms with Gasteiger partial charge in [0.1, 0.15) is 5.75 Å².